The van der Waals surface area contributed by atoms with Gasteiger partial charge in [-0.3, -0.25) is 4.55 Å². The summed E-state index contributed by atoms with van der Waals surface area (Å²) in [4.78, 5) is 12.3. The molecule has 0 radical (unpaired) electrons. The van der Waals surface area contributed by atoms with Crippen LogP contribution in [0.1, 0.15) is 20.8 Å². The van der Waals surface area contributed by atoms with Crippen LogP contribution < -0.4 is 4.31 Å². The number of aromatic carboxylic acids is 1. The molecule has 3 rings (SSSR count). The number of thiophene rings is 1. The normalized spacial score (nSPS) is 11.6. The summed E-state index contributed by atoms with van der Waals surface area (Å²) in [6, 6.07) is 17.2. The largest absolute Gasteiger partial charge is 0.477 e. The quantitative estimate of drug-likeness (QED) is 0.613. The fourth-order valence-corrected chi connectivity index (χ4v) is 4.19. The Hall–Kier alpha value is -2.99. The summed E-state index contributed by atoms with van der Waals surface area (Å²) in [5.74, 6) is -1.18. The van der Waals surface area contributed by atoms with Gasteiger partial charge in [-0.25, -0.2) is 13.3 Å². The molecule has 1 heterocycles. The molecule has 0 amide bonds. The predicted octanol–water partition coefficient (Wildman–Crippen LogP) is 4.57. The lowest BCUT2D eigenvalue weighted by Gasteiger charge is -2.19. The molecule has 0 aliphatic heterocycles. The monoisotopic (exact) mass is 398 g/mol. The molecule has 0 aliphatic carbocycles. The second-order valence-electron chi connectivity index (χ2n) is 5.68. The number of aryl methyl sites for hydroxylation is 1. The van der Waals surface area contributed by atoms with E-state index in [-0.39, 0.29) is 10.6 Å². The molecular weight excluding hydrogens is 384 g/mol. The van der Waals surface area contributed by atoms with E-state index in [1.54, 1.807) is 54.6 Å². The van der Waals surface area contributed by atoms with Crippen molar-refractivity contribution < 1.29 is 18.7 Å². The van der Waals surface area contributed by atoms with E-state index in [9.17, 15) is 18.7 Å². The second-order valence-corrected chi connectivity index (χ2v) is 7.56. The number of anilines is 2. The predicted molar refractivity (Wildman–Crippen MR) is 106 cm³/mol. The Labute approximate surface area is 162 Å². The summed E-state index contributed by atoms with van der Waals surface area (Å²) in [6.45, 7) is 1.89. The van der Waals surface area contributed by atoms with Crippen molar-refractivity contribution in [3.8, 4) is 16.5 Å². The van der Waals surface area contributed by atoms with Crippen molar-refractivity contribution in [2.24, 2.45) is 0 Å². The van der Waals surface area contributed by atoms with Gasteiger partial charge in [0, 0.05) is 4.88 Å². The number of hydrogen-bond acceptors (Lipinski definition) is 4. The molecule has 1 unspecified atom stereocenters. The lowest BCUT2D eigenvalue weighted by molar-refractivity contribution is 0.0703. The Kier molecular flexibility index (Phi) is 5.37. The molecule has 2 aromatic carbocycles. The second kappa shape index (κ2) is 7.72. The van der Waals surface area contributed by atoms with Crippen molar-refractivity contribution in [2.45, 2.75) is 6.92 Å². The molecule has 0 saturated heterocycles. The van der Waals surface area contributed by atoms with Crippen molar-refractivity contribution in [2.75, 3.05) is 4.31 Å². The minimum Gasteiger partial charge on any atom is -0.477 e. The summed E-state index contributed by atoms with van der Waals surface area (Å²) in [5.41, 5.74) is 2.74. The molecule has 1 aromatic heterocycles. The number of benzene rings is 2. The summed E-state index contributed by atoms with van der Waals surface area (Å²) in [5, 5.41) is 18.5. The number of nitriles is 1. The minimum absolute atomic E-state index is 0.0441. The van der Waals surface area contributed by atoms with Crippen molar-refractivity contribution in [1.82, 2.24) is 0 Å². The van der Waals surface area contributed by atoms with E-state index in [1.807, 2.05) is 13.0 Å². The maximum Gasteiger partial charge on any atom is 0.348 e. The van der Waals surface area contributed by atoms with Crippen LogP contribution in [0.15, 0.2) is 54.6 Å². The lowest BCUT2D eigenvalue weighted by Crippen LogP contribution is -2.20. The van der Waals surface area contributed by atoms with Crippen molar-refractivity contribution >= 4 is 39.9 Å². The maximum atomic E-state index is 12.0. The van der Waals surface area contributed by atoms with Crippen LogP contribution in [0.4, 0.5) is 11.4 Å². The molecule has 6 nitrogen and oxygen atoms in total. The molecule has 8 heteroatoms. The zero-order valence-corrected chi connectivity index (χ0v) is 15.8. The summed E-state index contributed by atoms with van der Waals surface area (Å²) in [7, 11) is 0. The molecule has 0 fully saturated rings. The van der Waals surface area contributed by atoms with Crippen molar-refractivity contribution in [3.05, 3.63) is 70.6 Å². The maximum absolute atomic E-state index is 12.0. The number of rotatable bonds is 5. The number of carbonyl (C=O) groups is 1. The zero-order chi connectivity index (χ0) is 19.6. The van der Waals surface area contributed by atoms with Gasteiger partial charge in [-0.15, -0.1) is 11.3 Å². The summed E-state index contributed by atoms with van der Waals surface area (Å²) >= 11 is -1.45. The molecule has 0 saturated carbocycles. The van der Waals surface area contributed by atoms with Gasteiger partial charge in [0.2, 0.25) is 0 Å². The summed E-state index contributed by atoms with van der Waals surface area (Å²) < 4.78 is 22.9. The number of carboxylic acid groups (broad SMARTS) is 1. The molecule has 0 spiro atoms. The highest BCUT2D eigenvalue weighted by atomic mass is 32.2. The zero-order valence-electron chi connectivity index (χ0n) is 14.1. The Bertz CT molecular complexity index is 1050. The molecule has 2 N–H and O–H groups in total. The highest BCUT2D eigenvalue weighted by Crippen LogP contribution is 2.40. The van der Waals surface area contributed by atoms with Crippen LogP contribution in [0, 0.1) is 18.3 Å². The number of nitrogens with zero attached hydrogens (tertiary/aromatic N) is 2. The van der Waals surface area contributed by atoms with Gasteiger partial charge in [0.05, 0.1) is 23.0 Å². The summed E-state index contributed by atoms with van der Waals surface area (Å²) in [6.07, 6.45) is 0. The smallest absolute Gasteiger partial charge is 0.348 e. The number of carboxylic acids is 1. The first-order valence-corrected chi connectivity index (χ1v) is 9.64. The fraction of sp³-hybridized carbons (Fsp3) is 0.0526. The van der Waals surface area contributed by atoms with E-state index in [2.05, 4.69) is 0 Å². The van der Waals surface area contributed by atoms with Crippen molar-refractivity contribution in [1.29, 1.82) is 5.26 Å². The van der Waals surface area contributed by atoms with E-state index in [0.717, 1.165) is 26.8 Å². The Morgan fingerprint density at radius 3 is 2.30 bits per heavy atom. The van der Waals surface area contributed by atoms with Crippen LogP contribution in [-0.2, 0) is 11.3 Å². The van der Waals surface area contributed by atoms with Crippen LogP contribution in [0.2, 0.25) is 0 Å². The van der Waals surface area contributed by atoms with Gasteiger partial charge in [-0.1, -0.05) is 29.8 Å². The van der Waals surface area contributed by atoms with Gasteiger partial charge in [0.1, 0.15) is 4.88 Å². The van der Waals surface area contributed by atoms with Gasteiger partial charge >= 0.3 is 5.97 Å². The standard InChI is InChI=1S/C19H14N2O4S2/c1-12-2-8-15(9-3-12)21(27(24)25)16-10-17(26-18(16)19(22)23)14-6-4-13(11-20)5-7-14/h2-10H,1H3,(H,22,23)(H,24,25). The molecule has 1 atom stereocenters. The van der Waals surface area contributed by atoms with Gasteiger partial charge in [0.15, 0.2) is 0 Å². The van der Waals surface area contributed by atoms with Crippen LogP contribution >= 0.6 is 11.3 Å². The minimum atomic E-state index is -2.45. The first-order valence-electron chi connectivity index (χ1n) is 7.76. The van der Waals surface area contributed by atoms with E-state index in [4.69, 9.17) is 5.26 Å². The van der Waals surface area contributed by atoms with E-state index in [1.165, 1.54) is 0 Å². The average molecular weight is 398 g/mol. The van der Waals surface area contributed by atoms with Gasteiger partial charge in [-0.2, -0.15) is 5.26 Å². The van der Waals surface area contributed by atoms with Crippen LogP contribution in [-0.4, -0.2) is 19.8 Å². The van der Waals surface area contributed by atoms with Crippen LogP contribution in [0.3, 0.4) is 0 Å². The van der Waals surface area contributed by atoms with Crippen LogP contribution in [0.25, 0.3) is 10.4 Å². The molecule has 0 aliphatic rings. The van der Waals surface area contributed by atoms with E-state index in [0.29, 0.717) is 16.1 Å². The van der Waals surface area contributed by atoms with Crippen LogP contribution in [0.5, 0.6) is 0 Å². The van der Waals surface area contributed by atoms with Gasteiger partial charge in [0.25, 0.3) is 11.3 Å². The molecule has 3 aromatic rings. The third kappa shape index (κ3) is 3.90. The van der Waals surface area contributed by atoms with E-state index < -0.39 is 17.2 Å². The Morgan fingerprint density at radius 2 is 1.78 bits per heavy atom. The van der Waals surface area contributed by atoms with Gasteiger partial charge < -0.3 is 5.11 Å². The third-order valence-electron chi connectivity index (χ3n) is 3.85. The third-order valence-corrected chi connectivity index (χ3v) is 5.73. The molecular formula is C19H14N2O4S2. The molecule has 27 heavy (non-hydrogen) atoms. The molecule has 0 bridgehead atoms. The first-order chi connectivity index (χ1) is 12.9. The SMILES string of the molecule is Cc1ccc(N(c2cc(-c3ccc(C#N)cc3)sc2C(=O)O)S(=O)O)cc1. The Balaban J connectivity index is 2.13. The lowest BCUT2D eigenvalue weighted by atomic mass is 10.1. The van der Waals surface area contributed by atoms with Gasteiger partial charge in [-0.05, 0) is 42.8 Å². The highest BCUT2D eigenvalue weighted by Gasteiger charge is 2.25. The topological polar surface area (TPSA) is 102 Å². The highest BCUT2D eigenvalue weighted by molar-refractivity contribution is 7.81. The Morgan fingerprint density at radius 1 is 1.15 bits per heavy atom. The number of hydrogen-bond donors (Lipinski definition) is 2. The molecule has 136 valence electrons. The average Bonchev–Trinajstić information content (AvgIpc) is 3.08. The first kappa shape index (κ1) is 18.8. The van der Waals surface area contributed by atoms with E-state index >= 15 is 0 Å². The fourth-order valence-electron chi connectivity index (χ4n) is 2.53. The van der Waals surface area contributed by atoms with Crippen molar-refractivity contribution in [3.63, 3.8) is 0 Å².